The molecule has 1 atom stereocenters. The number of amides is 2. The average Bonchev–Trinajstić information content (AvgIpc) is 3.24. The van der Waals surface area contributed by atoms with Gasteiger partial charge in [-0.15, -0.1) is 0 Å². The van der Waals surface area contributed by atoms with E-state index in [9.17, 15) is 9.59 Å². The number of carbonyl (C=O) groups is 2. The highest BCUT2D eigenvalue weighted by Crippen LogP contribution is 2.35. The minimum absolute atomic E-state index is 0.208. The number of hydrogen-bond acceptors (Lipinski definition) is 6. The van der Waals surface area contributed by atoms with Crippen LogP contribution in [-0.2, 0) is 22.6 Å². The van der Waals surface area contributed by atoms with Crippen LogP contribution in [0, 0.1) is 5.82 Å². The molecular formula is C27H29FN4O4. The molecule has 0 saturated carbocycles. The van der Waals surface area contributed by atoms with Crippen LogP contribution in [0.25, 0.3) is 11.1 Å². The van der Waals surface area contributed by atoms with Gasteiger partial charge in [-0.1, -0.05) is 12.1 Å². The molecule has 4 rings (SSSR count). The topological polar surface area (TPSA) is 84.0 Å². The molecule has 2 heterocycles. The Balaban J connectivity index is 1.48. The summed E-state index contributed by atoms with van der Waals surface area (Å²) < 4.78 is 26.1. The number of benzene rings is 2. The number of nitrogens with zero attached hydrogens (tertiary/aromatic N) is 3. The number of anilines is 1. The predicted molar refractivity (Wildman–Crippen MR) is 134 cm³/mol. The first kappa shape index (κ1) is 25.1. The Morgan fingerprint density at radius 1 is 1.14 bits per heavy atom. The summed E-state index contributed by atoms with van der Waals surface area (Å²) in [4.78, 5) is 31.0. The van der Waals surface area contributed by atoms with Crippen molar-refractivity contribution in [2.75, 3.05) is 32.1 Å². The number of nitrogens with one attached hydrogen (secondary N) is 1. The molecule has 2 aromatic carbocycles. The van der Waals surface area contributed by atoms with E-state index in [0.29, 0.717) is 29.1 Å². The number of carbonyl (C=O) groups excluding carboxylic acids is 2. The van der Waals surface area contributed by atoms with Crippen LogP contribution in [0.4, 0.5) is 14.9 Å². The lowest BCUT2D eigenvalue weighted by molar-refractivity contribution is -0.119. The third kappa shape index (κ3) is 5.98. The van der Waals surface area contributed by atoms with Crippen molar-refractivity contribution in [2.24, 2.45) is 0 Å². The molecule has 1 aliphatic heterocycles. The summed E-state index contributed by atoms with van der Waals surface area (Å²) in [7, 11) is 3.59. The summed E-state index contributed by atoms with van der Waals surface area (Å²) in [6.45, 7) is 3.29. The lowest BCUT2D eigenvalue weighted by atomic mass is 10.0. The maximum atomic E-state index is 15.2. The van der Waals surface area contributed by atoms with E-state index < -0.39 is 18.0 Å². The summed E-state index contributed by atoms with van der Waals surface area (Å²) in [5, 5.41) is 2.63. The van der Waals surface area contributed by atoms with Crippen LogP contribution in [0.1, 0.15) is 18.1 Å². The number of rotatable bonds is 9. The van der Waals surface area contributed by atoms with Gasteiger partial charge < -0.3 is 14.8 Å². The van der Waals surface area contributed by atoms with Crippen molar-refractivity contribution in [1.82, 2.24) is 15.2 Å². The Kier molecular flexibility index (Phi) is 7.80. The molecule has 9 heteroatoms. The first-order chi connectivity index (χ1) is 17.3. The monoisotopic (exact) mass is 492 g/mol. The molecule has 1 N–H and O–H groups in total. The van der Waals surface area contributed by atoms with Crippen molar-refractivity contribution in [3.8, 4) is 16.9 Å². The Bertz CT molecular complexity index is 1240. The van der Waals surface area contributed by atoms with E-state index in [-0.39, 0.29) is 19.0 Å². The standard InChI is InChI=1S/C27H29FN4O4/c1-18(33)30-14-22-17-32(27(34)36-22)21-5-7-23(25(28)13-21)24-6-4-20(12-26(24)35-3)16-31(2)15-19-8-10-29-11-9-19/h4-13,22H,14-17H2,1-3H3,(H,30,33)/t22-/m0/s1. The van der Waals surface area contributed by atoms with Crippen molar-refractivity contribution in [2.45, 2.75) is 26.1 Å². The van der Waals surface area contributed by atoms with E-state index in [0.717, 1.165) is 12.1 Å². The second-order valence-electron chi connectivity index (χ2n) is 8.78. The van der Waals surface area contributed by atoms with E-state index in [1.165, 1.54) is 23.5 Å². The van der Waals surface area contributed by atoms with Gasteiger partial charge in [0.2, 0.25) is 5.91 Å². The third-order valence-corrected chi connectivity index (χ3v) is 5.93. The highest BCUT2D eigenvalue weighted by atomic mass is 19.1. The van der Waals surface area contributed by atoms with E-state index in [1.807, 2.05) is 37.4 Å². The van der Waals surface area contributed by atoms with Gasteiger partial charge in [-0.2, -0.15) is 0 Å². The largest absolute Gasteiger partial charge is 0.496 e. The van der Waals surface area contributed by atoms with Crippen LogP contribution in [0.5, 0.6) is 5.75 Å². The molecule has 2 amide bonds. The molecule has 0 aliphatic carbocycles. The van der Waals surface area contributed by atoms with Crippen molar-refractivity contribution in [3.63, 3.8) is 0 Å². The number of halogens is 1. The Morgan fingerprint density at radius 3 is 2.56 bits per heavy atom. The first-order valence-electron chi connectivity index (χ1n) is 11.6. The molecule has 0 bridgehead atoms. The molecule has 8 nitrogen and oxygen atoms in total. The number of ether oxygens (including phenoxy) is 2. The van der Waals surface area contributed by atoms with Gasteiger partial charge in [0, 0.05) is 43.5 Å². The van der Waals surface area contributed by atoms with Crippen LogP contribution in [0.2, 0.25) is 0 Å². The smallest absolute Gasteiger partial charge is 0.414 e. The van der Waals surface area contributed by atoms with Gasteiger partial charge in [-0.3, -0.25) is 19.6 Å². The van der Waals surface area contributed by atoms with Gasteiger partial charge >= 0.3 is 6.09 Å². The fraction of sp³-hybridized carbons (Fsp3) is 0.296. The molecular weight excluding hydrogens is 463 g/mol. The summed E-state index contributed by atoms with van der Waals surface area (Å²) in [6, 6.07) is 14.3. The van der Waals surface area contributed by atoms with Gasteiger partial charge in [-0.05, 0) is 54.6 Å². The Morgan fingerprint density at radius 2 is 1.86 bits per heavy atom. The number of aromatic nitrogens is 1. The highest BCUT2D eigenvalue weighted by Gasteiger charge is 2.32. The molecule has 1 aliphatic rings. The third-order valence-electron chi connectivity index (χ3n) is 5.93. The normalized spacial score (nSPS) is 15.2. The molecule has 0 radical (unpaired) electrons. The summed E-state index contributed by atoms with van der Waals surface area (Å²) >= 11 is 0. The summed E-state index contributed by atoms with van der Waals surface area (Å²) in [5.74, 6) is -0.126. The van der Waals surface area contributed by atoms with Crippen LogP contribution >= 0.6 is 0 Å². The Labute approximate surface area is 209 Å². The van der Waals surface area contributed by atoms with Gasteiger partial charge in [-0.25, -0.2) is 9.18 Å². The lowest BCUT2D eigenvalue weighted by Crippen LogP contribution is -2.33. The zero-order chi connectivity index (χ0) is 25.7. The minimum Gasteiger partial charge on any atom is -0.496 e. The second-order valence-corrected chi connectivity index (χ2v) is 8.78. The van der Waals surface area contributed by atoms with E-state index in [1.54, 1.807) is 31.6 Å². The van der Waals surface area contributed by atoms with Crippen LogP contribution in [0.3, 0.4) is 0 Å². The van der Waals surface area contributed by atoms with Crippen molar-refractivity contribution in [3.05, 3.63) is 77.9 Å². The van der Waals surface area contributed by atoms with E-state index in [4.69, 9.17) is 9.47 Å². The molecule has 188 valence electrons. The molecule has 36 heavy (non-hydrogen) atoms. The molecule has 0 spiro atoms. The molecule has 1 fully saturated rings. The molecule has 1 saturated heterocycles. The molecule has 0 unspecified atom stereocenters. The van der Waals surface area contributed by atoms with Gasteiger partial charge in [0.05, 0.1) is 25.9 Å². The maximum absolute atomic E-state index is 15.2. The van der Waals surface area contributed by atoms with Crippen molar-refractivity contribution in [1.29, 1.82) is 0 Å². The summed E-state index contributed by atoms with van der Waals surface area (Å²) in [5.41, 5.74) is 3.58. The lowest BCUT2D eigenvalue weighted by Gasteiger charge is -2.19. The summed E-state index contributed by atoms with van der Waals surface area (Å²) in [6.07, 6.45) is 2.48. The molecule has 1 aromatic heterocycles. The zero-order valence-corrected chi connectivity index (χ0v) is 20.5. The second kappa shape index (κ2) is 11.2. The quantitative estimate of drug-likeness (QED) is 0.486. The van der Waals surface area contributed by atoms with Gasteiger partial charge in [0.1, 0.15) is 17.7 Å². The fourth-order valence-corrected chi connectivity index (χ4v) is 4.21. The first-order valence-corrected chi connectivity index (χ1v) is 11.6. The number of pyridine rings is 1. The van der Waals surface area contributed by atoms with Gasteiger partial charge in [0.25, 0.3) is 0 Å². The Hall–Kier alpha value is -3.98. The SMILES string of the molecule is COc1cc(CN(C)Cc2ccncc2)ccc1-c1ccc(N2C[C@H](CNC(C)=O)OC2=O)cc1F. The van der Waals surface area contributed by atoms with E-state index >= 15 is 4.39 Å². The van der Waals surface area contributed by atoms with Crippen LogP contribution in [0.15, 0.2) is 60.9 Å². The number of hydrogen-bond donors (Lipinski definition) is 1. The fourth-order valence-electron chi connectivity index (χ4n) is 4.21. The van der Waals surface area contributed by atoms with E-state index in [2.05, 4.69) is 15.2 Å². The predicted octanol–water partition coefficient (Wildman–Crippen LogP) is 3.99. The zero-order valence-electron chi connectivity index (χ0n) is 20.5. The van der Waals surface area contributed by atoms with Crippen LogP contribution in [-0.4, -0.2) is 55.2 Å². The van der Waals surface area contributed by atoms with Crippen molar-refractivity contribution < 1.29 is 23.5 Å². The van der Waals surface area contributed by atoms with Crippen LogP contribution < -0.4 is 15.0 Å². The number of methoxy groups -OCH3 is 1. The van der Waals surface area contributed by atoms with Gasteiger partial charge in [0.15, 0.2) is 0 Å². The molecule has 3 aromatic rings. The highest BCUT2D eigenvalue weighted by molar-refractivity contribution is 5.90. The maximum Gasteiger partial charge on any atom is 0.414 e. The average molecular weight is 493 g/mol. The number of cyclic esters (lactones) is 1. The minimum atomic E-state index is -0.574. The van der Waals surface area contributed by atoms with Crippen molar-refractivity contribution >= 4 is 17.7 Å².